The number of carbonyl (C=O) groups is 2. The van der Waals surface area contributed by atoms with Crippen molar-refractivity contribution >= 4 is 11.8 Å². The first-order valence-corrected chi connectivity index (χ1v) is 10.3. The number of hydrogen-bond acceptors (Lipinski definition) is 4. The van der Waals surface area contributed by atoms with E-state index in [9.17, 15) is 14.4 Å². The molecule has 0 radical (unpaired) electrons. The van der Waals surface area contributed by atoms with Gasteiger partial charge in [-0.3, -0.25) is 14.4 Å². The average molecular weight is 387 g/mol. The van der Waals surface area contributed by atoms with Crippen LogP contribution in [0.25, 0.3) is 0 Å². The molecule has 3 aliphatic rings. The van der Waals surface area contributed by atoms with Gasteiger partial charge in [-0.05, 0) is 44.4 Å². The molecule has 2 amide bonds. The van der Waals surface area contributed by atoms with Gasteiger partial charge in [-0.2, -0.15) is 0 Å². The Hall–Kier alpha value is -2.15. The Balaban J connectivity index is 1.39. The predicted molar refractivity (Wildman–Crippen MR) is 104 cm³/mol. The lowest BCUT2D eigenvalue weighted by Crippen LogP contribution is -2.53. The number of likely N-dealkylation sites (tertiary alicyclic amines) is 2. The topological polar surface area (TPSA) is 82.7 Å². The molecule has 1 spiro atoms. The zero-order valence-electron chi connectivity index (χ0n) is 16.5. The SMILES string of the molecule is Cc1cc(=O)c(C(=O)N2CCC3(CCC(=O)N(C[C@@H]4CCCO4)C3)CC2)c[nH]1. The van der Waals surface area contributed by atoms with Crippen LogP contribution in [0.2, 0.25) is 0 Å². The van der Waals surface area contributed by atoms with Gasteiger partial charge in [-0.25, -0.2) is 0 Å². The second-order valence-corrected chi connectivity index (χ2v) is 8.60. The number of aromatic amines is 1. The van der Waals surface area contributed by atoms with Crippen molar-refractivity contribution in [1.29, 1.82) is 0 Å². The monoisotopic (exact) mass is 387 g/mol. The Labute approximate surface area is 165 Å². The van der Waals surface area contributed by atoms with E-state index >= 15 is 0 Å². The molecule has 7 nitrogen and oxygen atoms in total. The maximum absolute atomic E-state index is 12.8. The molecule has 3 fully saturated rings. The highest BCUT2D eigenvalue weighted by molar-refractivity contribution is 5.93. The predicted octanol–water partition coefficient (Wildman–Crippen LogP) is 1.71. The molecule has 0 unspecified atom stereocenters. The van der Waals surface area contributed by atoms with Gasteiger partial charge >= 0.3 is 0 Å². The van der Waals surface area contributed by atoms with Gasteiger partial charge in [0.15, 0.2) is 5.43 Å². The minimum atomic E-state index is -0.229. The summed E-state index contributed by atoms with van der Waals surface area (Å²) in [6.07, 6.45) is 7.02. The highest BCUT2D eigenvalue weighted by Gasteiger charge is 2.42. The lowest BCUT2D eigenvalue weighted by molar-refractivity contribution is -0.141. The first-order chi connectivity index (χ1) is 13.5. The molecule has 0 saturated carbocycles. The van der Waals surface area contributed by atoms with Crippen LogP contribution in [0.4, 0.5) is 0 Å². The van der Waals surface area contributed by atoms with E-state index in [-0.39, 0.29) is 34.3 Å². The highest BCUT2D eigenvalue weighted by atomic mass is 16.5. The number of amides is 2. The second kappa shape index (κ2) is 7.70. The van der Waals surface area contributed by atoms with Crippen LogP contribution in [-0.4, -0.2) is 65.5 Å². The fourth-order valence-corrected chi connectivity index (χ4v) is 4.81. The lowest BCUT2D eigenvalue weighted by Gasteiger charge is -2.47. The quantitative estimate of drug-likeness (QED) is 0.856. The van der Waals surface area contributed by atoms with Crippen molar-refractivity contribution in [3.63, 3.8) is 0 Å². The molecule has 152 valence electrons. The molecule has 28 heavy (non-hydrogen) atoms. The molecular weight excluding hydrogens is 358 g/mol. The molecule has 3 aliphatic heterocycles. The van der Waals surface area contributed by atoms with E-state index in [4.69, 9.17) is 4.74 Å². The second-order valence-electron chi connectivity index (χ2n) is 8.60. The van der Waals surface area contributed by atoms with E-state index in [1.807, 2.05) is 4.90 Å². The normalized spacial score (nSPS) is 24.8. The fraction of sp³-hybridized carbons (Fsp3) is 0.667. The summed E-state index contributed by atoms with van der Waals surface area (Å²) >= 11 is 0. The fourth-order valence-electron chi connectivity index (χ4n) is 4.81. The van der Waals surface area contributed by atoms with Gasteiger partial charge in [0, 0.05) is 57.2 Å². The number of aryl methyl sites for hydroxylation is 1. The Morgan fingerprint density at radius 2 is 2.07 bits per heavy atom. The summed E-state index contributed by atoms with van der Waals surface area (Å²) in [5, 5.41) is 0. The standard InChI is InChI=1S/C21H29N3O4/c1-15-11-18(25)17(12-22-15)20(27)23-8-6-21(7-9-23)5-4-19(26)24(14-21)13-16-3-2-10-28-16/h11-12,16H,2-10,13-14H2,1H3,(H,22,25)/t16-/m0/s1. The van der Waals surface area contributed by atoms with Crippen molar-refractivity contribution in [2.24, 2.45) is 5.41 Å². The number of piperidine rings is 2. The van der Waals surface area contributed by atoms with E-state index < -0.39 is 0 Å². The van der Waals surface area contributed by atoms with Crippen molar-refractivity contribution in [3.05, 3.63) is 33.7 Å². The summed E-state index contributed by atoms with van der Waals surface area (Å²) < 4.78 is 5.72. The third-order valence-corrected chi connectivity index (χ3v) is 6.60. The lowest BCUT2D eigenvalue weighted by atomic mass is 9.72. The molecule has 0 aliphatic carbocycles. The van der Waals surface area contributed by atoms with Crippen LogP contribution >= 0.6 is 0 Å². The molecule has 4 heterocycles. The summed E-state index contributed by atoms with van der Waals surface area (Å²) in [6.45, 7) is 5.32. The maximum Gasteiger partial charge on any atom is 0.259 e. The van der Waals surface area contributed by atoms with E-state index in [0.29, 0.717) is 26.1 Å². The zero-order valence-corrected chi connectivity index (χ0v) is 16.5. The number of aromatic nitrogens is 1. The summed E-state index contributed by atoms with van der Waals surface area (Å²) in [7, 11) is 0. The van der Waals surface area contributed by atoms with Gasteiger partial charge < -0.3 is 19.5 Å². The molecule has 0 bridgehead atoms. The van der Waals surface area contributed by atoms with Crippen LogP contribution in [0, 0.1) is 12.3 Å². The highest BCUT2D eigenvalue weighted by Crippen LogP contribution is 2.40. The number of rotatable bonds is 3. The van der Waals surface area contributed by atoms with Crippen LogP contribution in [0.15, 0.2) is 17.1 Å². The van der Waals surface area contributed by atoms with Crippen LogP contribution in [-0.2, 0) is 9.53 Å². The average Bonchev–Trinajstić information content (AvgIpc) is 3.18. The van der Waals surface area contributed by atoms with Crippen LogP contribution < -0.4 is 5.43 Å². The molecule has 1 aromatic rings. The van der Waals surface area contributed by atoms with Gasteiger partial charge in [0.1, 0.15) is 5.56 Å². The number of pyridine rings is 1. The van der Waals surface area contributed by atoms with Gasteiger partial charge in [-0.1, -0.05) is 0 Å². The minimum Gasteiger partial charge on any atom is -0.376 e. The number of nitrogens with zero attached hydrogens (tertiary/aromatic N) is 2. The van der Waals surface area contributed by atoms with Crippen molar-refractivity contribution < 1.29 is 14.3 Å². The molecular formula is C21H29N3O4. The zero-order chi connectivity index (χ0) is 19.7. The van der Waals surface area contributed by atoms with Gasteiger partial charge in [-0.15, -0.1) is 0 Å². The van der Waals surface area contributed by atoms with Crippen LogP contribution in [0.5, 0.6) is 0 Å². The molecule has 0 aromatic carbocycles. The van der Waals surface area contributed by atoms with Gasteiger partial charge in [0.2, 0.25) is 5.91 Å². The first kappa shape index (κ1) is 19.2. The number of H-pyrrole nitrogens is 1. The Morgan fingerprint density at radius 1 is 1.29 bits per heavy atom. The number of ether oxygens (including phenoxy) is 1. The minimum absolute atomic E-state index is 0.0863. The molecule has 1 N–H and O–H groups in total. The maximum atomic E-state index is 12.8. The number of carbonyl (C=O) groups excluding carboxylic acids is 2. The number of hydrogen-bond donors (Lipinski definition) is 1. The van der Waals surface area contributed by atoms with E-state index in [0.717, 1.165) is 50.9 Å². The summed E-state index contributed by atoms with van der Waals surface area (Å²) in [6, 6.07) is 1.47. The summed E-state index contributed by atoms with van der Waals surface area (Å²) in [5.74, 6) is 0.0324. The van der Waals surface area contributed by atoms with Gasteiger partial charge in [0.05, 0.1) is 6.10 Å². The smallest absolute Gasteiger partial charge is 0.259 e. The van der Waals surface area contributed by atoms with Crippen LogP contribution in [0.3, 0.4) is 0 Å². The Morgan fingerprint density at radius 3 is 2.75 bits per heavy atom. The molecule has 1 aromatic heterocycles. The van der Waals surface area contributed by atoms with Gasteiger partial charge in [0.25, 0.3) is 5.91 Å². The van der Waals surface area contributed by atoms with Crippen molar-refractivity contribution in [1.82, 2.24) is 14.8 Å². The molecule has 4 rings (SSSR count). The first-order valence-electron chi connectivity index (χ1n) is 10.3. The summed E-state index contributed by atoms with van der Waals surface area (Å²) in [5.41, 5.74) is 0.813. The van der Waals surface area contributed by atoms with E-state index in [1.165, 1.54) is 12.3 Å². The summed E-state index contributed by atoms with van der Waals surface area (Å²) in [4.78, 5) is 44.0. The third kappa shape index (κ3) is 3.85. The Bertz CT molecular complexity index is 804. The molecule has 7 heteroatoms. The third-order valence-electron chi connectivity index (χ3n) is 6.60. The van der Waals surface area contributed by atoms with Crippen molar-refractivity contribution in [2.75, 3.05) is 32.8 Å². The van der Waals surface area contributed by atoms with E-state index in [1.54, 1.807) is 11.8 Å². The van der Waals surface area contributed by atoms with Crippen molar-refractivity contribution in [2.45, 2.75) is 51.6 Å². The largest absolute Gasteiger partial charge is 0.376 e. The van der Waals surface area contributed by atoms with Crippen LogP contribution in [0.1, 0.15) is 54.6 Å². The van der Waals surface area contributed by atoms with E-state index in [2.05, 4.69) is 4.98 Å². The number of nitrogens with one attached hydrogen (secondary N) is 1. The van der Waals surface area contributed by atoms with Crippen molar-refractivity contribution in [3.8, 4) is 0 Å². The molecule has 3 saturated heterocycles. The Kier molecular flexibility index (Phi) is 5.27. The molecule has 1 atom stereocenters.